The van der Waals surface area contributed by atoms with Crippen LogP contribution in [0.15, 0.2) is 0 Å². The molecule has 3 rings (SSSR count). The van der Waals surface area contributed by atoms with Crippen molar-refractivity contribution in [1.29, 1.82) is 0 Å². The van der Waals surface area contributed by atoms with E-state index in [9.17, 15) is 19.5 Å². The van der Waals surface area contributed by atoms with Crippen molar-refractivity contribution in [2.75, 3.05) is 13.7 Å². The molecule has 0 aliphatic carbocycles. The Hall–Kier alpha value is -1.28. The van der Waals surface area contributed by atoms with Crippen LogP contribution in [0.5, 0.6) is 0 Å². The molecule has 27 heavy (non-hydrogen) atoms. The summed E-state index contributed by atoms with van der Waals surface area (Å²) in [6.45, 7) is 5.59. The van der Waals surface area contributed by atoms with Gasteiger partial charge in [0.05, 0.1) is 29.2 Å². The Balaban J connectivity index is 1.98. The summed E-state index contributed by atoms with van der Waals surface area (Å²) in [6, 6.07) is -1.07. The lowest BCUT2D eigenvalue weighted by atomic mass is 9.70. The Labute approximate surface area is 165 Å². The molecule has 7 atom stereocenters. The Morgan fingerprint density at radius 2 is 2.07 bits per heavy atom. The molecule has 3 fully saturated rings. The van der Waals surface area contributed by atoms with Gasteiger partial charge in [0, 0.05) is 18.3 Å². The van der Waals surface area contributed by atoms with Crippen molar-refractivity contribution >= 4 is 29.5 Å². The highest BCUT2D eigenvalue weighted by atomic mass is 32.2. The van der Waals surface area contributed by atoms with Crippen molar-refractivity contribution in [2.45, 2.75) is 74.6 Å². The maximum Gasteiger partial charge on any atom is 0.244 e. The zero-order valence-electron chi connectivity index (χ0n) is 16.5. The minimum atomic E-state index is -0.638. The Kier molecular flexibility index (Phi) is 5.77. The van der Waals surface area contributed by atoms with Crippen molar-refractivity contribution in [3.05, 3.63) is 0 Å². The summed E-state index contributed by atoms with van der Waals surface area (Å²) >= 11 is 1.65. The average molecular weight is 398 g/mol. The molecule has 152 valence electrons. The predicted octanol–water partition coefficient (Wildman–Crippen LogP) is 0.509. The summed E-state index contributed by atoms with van der Waals surface area (Å²) in [4.78, 5) is 40.7. The number of carbonyl (C=O) groups is 3. The van der Waals surface area contributed by atoms with Crippen molar-refractivity contribution in [3.63, 3.8) is 0 Å². The fourth-order valence-electron chi connectivity index (χ4n) is 5.25. The van der Waals surface area contributed by atoms with E-state index < -0.39 is 28.7 Å². The van der Waals surface area contributed by atoms with Crippen LogP contribution in [0.2, 0.25) is 0 Å². The van der Waals surface area contributed by atoms with Crippen LogP contribution < -0.4 is 10.6 Å². The zero-order chi connectivity index (χ0) is 19.9. The Morgan fingerprint density at radius 1 is 1.37 bits per heavy atom. The zero-order valence-corrected chi connectivity index (χ0v) is 17.3. The summed E-state index contributed by atoms with van der Waals surface area (Å²) < 4.78 is -0.571. The number of thioether (sulfide) groups is 1. The number of amides is 3. The highest BCUT2D eigenvalue weighted by molar-refractivity contribution is 8.02. The molecular weight excluding hydrogens is 366 g/mol. The molecule has 3 N–H and O–H groups in total. The largest absolute Gasteiger partial charge is 0.394 e. The van der Waals surface area contributed by atoms with Crippen LogP contribution in [0.3, 0.4) is 0 Å². The number of fused-ring (bicyclic) bond motifs is 1. The maximum atomic E-state index is 13.4. The first-order chi connectivity index (χ1) is 12.8. The van der Waals surface area contributed by atoms with Gasteiger partial charge in [-0.2, -0.15) is 0 Å². The molecule has 3 heterocycles. The van der Waals surface area contributed by atoms with Gasteiger partial charge in [-0.1, -0.05) is 13.3 Å². The lowest BCUT2D eigenvalue weighted by molar-refractivity contribution is -0.142. The number of aliphatic hydroxyl groups is 1. The molecule has 0 aromatic heterocycles. The summed E-state index contributed by atoms with van der Waals surface area (Å²) in [5.41, 5.74) is 0. The number of nitrogens with one attached hydrogen (secondary N) is 2. The maximum absolute atomic E-state index is 13.4. The van der Waals surface area contributed by atoms with Gasteiger partial charge in [0.2, 0.25) is 17.7 Å². The Bertz CT molecular complexity index is 630. The SMILES string of the molecule is CCCC(C)NC(=O)C1N([C@H](C)CO)C(=O)[C@@H]2[C@H](C(=O)NC)[C@@H]3CCC12S3. The van der Waals surface area contributed by atoms with E-state index in [0.29, 0.717) is 0 Å². The number of rotatable bonds is 7. The molecule has 0 aromatic carbocycles. The monoisotopic (exact) mass is 397 g/mol. The van der Waals surface area contributed by atoms with E-state index in [1.165, 1.54) is 0 Å². The average Bonchev–Trinajstić information content (AvgIpc) is 3.27. The number of carbonyl (C=O) groups excluding carboxylic acids is 3. The molecule has 3 aliphatic heterocycles. The fraction of sp³-hybridized carbons (Fsp3) is 0.842. The summed E-state index contributed by atoms with van der Waals surface area (Å²) in [6.07, 6.45) is 3.42. The van der Waals surface area contributed by atoms with E-state index in [0.717, 1.165) is 25.7 Å². The van der Waals surface area contributed by atoms with Gasteiger partial charge in [-0.3, -0.25) is 14.4 Å². The van der Waals surface area contributed by atoms with Crippen LogP contribution in [0.25, 0.3) is 0 Å². The summed E-state index contributed by atoms with van der Waals surface area (Å²) in [5.74, 6) is -1.33. The first-order valence-electron chi connectivity index (χ1n) is 9.95. The third-order valence-electron chi connectivity index (χ3n) is 6.38. The third kappa shape index (κ3) is 3.05. The van der Waals surface area contributed by atoms with Crippen LogP contribution >= 0.6 is 11.8 Å². The van der Waals surface area contributed by atoms with Crippen molar-refractivity contribution in [3.8, 4) is 0 Å². The topological polar surface area (TPSA) is 98.7 Å². The van der Waals surface area contributed by atoms with Crippen molar-refractivity contribution in [1.82, 2.24) is 15.5 Å². The predicted molar refractivity (Wildman–Crippen MR) is 104 cm³/mol. The molecule has 3 unspecified atom stereocenters. The lowest BCUT2D eigenvalue weighted by Gasteiger charge is -2.36. The van der Waals surface area contributed by atoms with Crippen molar-refractivity contribution < 1.29 is 19.5 Å². The minimum absolute atomic E-state index is 0.0256. The molecule has 3 amide bonds. The molecular formula is C19H31N3O4S. The molecule has 0 radical (unpaired) electrons. The second-order valence-corrected chi connectivity index (χ2v) is 9.75. The minimum Gasteiger partial charge on any atom is -0.394 e. The van der Waals surface area contributed by atoms with Crippen LogP contribution in [-0.2, 0) is 14.4 Å². The van der Waals surface area contributed by atoms with E-state index in [1.54, 1.807) is 30.6 Å². The lowest BCUT2D eigenvalue weighted by Crippen LogP contribution is -2.57. The van der Waals surface area contributed by atoms with Gasteiger partial charge < -0.3 is 20.6 Å². The first-order valence-corrected chi connectivity index (χ1v) is 10.8. The standard InChI is InChI=1S/C19H31N3O4S/c1-5-6-10(2)21-17(25)15-19-8-7-12(27-19)13(16(24)20-4)14(19)18(26)22(15)11(3)9-23/h10-15,23H,5-9H2,1-4H3,(H,20,24)(H,21,25)/t10?,11-,12+,13-,14+,15?,19?/m1/s1. The molecule has 0 aromatic rings. The summed E-state index contributed by atoms with van der Waals surface area (Å²) in [7, 11) is 1.59. The molecule has 8 heteroatoms. The third-order valence-corrected chi connectivity index (χ3v) is 8.34. The number of nitrogens with zero attached hydrogens (tertiary/aromatic N) is 1. The van der Waals surface area contributed by atoms with Crippen LogP contribution in [0.1, 0.15) is 46.5 Å². The molecule has 7 nitrogen and oxygen atoms in total. The number of hydrogen-bond donors (Lipinski definition) is 3. The smallest absolute Gasteiger partial charge is 0.244 e. The van der Waals surface area contributed by atoms with Crippen molar-refractivity contribution in [2.24, 2.45) is 11.8 Å². The molecule has 3 aliphatic rings. The van der Waals surface area contributed by atoms with E-state index in [4.69, 9.17) is 0 Å². The fourth-order valence-corrected chi connectivity index (χ4v) is 7.45. The van der Waals surface area contributed by atoms with E-state index in [-0.39, 0.29) is 35.6 Å². The van der Waals surface area contributed by atoms with Crippen LogP contribution in [-0.4, -0.2) is 69.5 Å². The van der Waals surface area contributed by atoms with E-state index >= 15 is 0 Å². The highest BCUT2D eigenvalue weighted by Crippen LogP contribution is 2.66. The van der Waals surface area contributed by atoms with Gasteiger partial charge in [-0.05, 0) is 33.1 Å². The molecule has 3 saturated heterocycles. The van der Waals surface area contributed by atoms with E-state index in [2.05, 4.69) is 17.6 Å². The quantitative estimate of drug-likeness (QED) is 0.581. The first kappa shape index (κ1) is 20.5. The van der Waals surface area contributed by atoms with Gasteiger partial charge in [0.1, 0.15) is 6.04 Å². The number of likely N-dealkylation sites (tertiary alicyclic amines) is 1. The number of hydrogen-bond acceptors (Lipinski definition) is 5. The molecule has 0 saturated carbocycles. The second-order valence-electron chi connectivity index (χ2n) is 8.15. The van der Waals surface area contributed by atoms with Gasteiger partial charge >= 0.3 is 0 Å². The number of aliphatic hydroxyl groups excluding tert-OH is 1. The molecule has 1 spiro atoms. The van der Waals surface area contributed by atoms with Gasteiger partial charge in [0.25, 0.3) is 0 Å². The molecule has 2 bridgehead atoms. The highest BCUT2D eigenvalue weighted by Gasteiger charge is 2.73. The second kappa shape index (κ2) is 7.62. The van der Waals surface area contributed by atoms with Crippen LogP contribution in [0.4, 0.5) is 0 Å². The van der Waals surface area contributed by atoms with Crippen LogP contribution in [0, 0.1) is 11.8 Å². The van der Waals surface area contributed by atoms with Gasteiger partial charge in [-0.25, -0.2) is 0 Å². The Morgan fingerprint density at radius 3 is 2.67 bits per heavy atom. The van der Waals surface area contributed by atoms with E-state index in [1.807, 2.05) is 6.92 Å². The van der Waals surface area contributed by atoms with Gasteiger partial charge in [0.15, 0.2) is 0 Å². The normalized spacial score (nSPS) is 36.5. The summed E-state index contributed by atoms with van der Waals surface area (Å²) in [5, 5.41) is 15.6. The van der Waals surface area contributed by atoms with Gasteiger partial charge in [-0.15, -0.1) is 11.8 Å².